The van der Waals surface area contributed by atoms with E-state index in [0.29, 0.717) is 28.6 Å². The Kier molecular flexibility index (Phi) is 6.28. The van der Waals surface area contributed by atoms with Gasteiger partial charge >= 0.3 is 0 Å². The molecule has 0 saturated carbocycles. The SMILES string of the molecule is Cc1ccc(N2C(=O)/C(=C/c3ccc(C(C)C)cc3)N=C2SC(C)c2nnc(C)o2)cc1. The molecule has 4 rings (SSSR count). The number of anilines is 1. The summed E-state index contributed by atoms with van der Waals surface area (Å²) in [4.78, 5) is 19.7. The number of hydrogen-bond donors (Lipinski definition) is 0. The van der Waals surface area contributed by atoms with Crippen molar-refractivity contribution in [1.29, 1.82) is 0 Å². The van der Waals surface area contributed by atoms with E-state index in [1.165, 1.54) is 17.3 Å². The van der Waals surface area contributed by atoms with E-state index in [1.54, 1.807) is 11.8 Å². The molecule has 0 spiro atoms. The summed E-state index contributed by atoms with van der Waals surface area (Å²) in [7, 11) is 0. The predicted molar refractivity (Wildman–Crippen MR) is 130 cm³/mol. The molecule has 32 heavy (non-hydrogen) atoms. The maximum atomic E-state index is 13.4. The smallest absolute Gasteiger partial charge is 0.283 e. The van der Waals surface area contributed by atoms with E-state index < -0.39 is 0 Å². The number of carbonyl (C=O) groups is 1. The minimum atomic E-state index is -0.154. The van der Waals surface area contributed by atoms with Crippen LogP contribution in [0, 0.1) is 13.8 Å². The molecule has 2 aromatic carbocycles. The molecule has 0 aliphatic carbocycles. The van der Waals surface area contributed by atoms with Crippen molar-refractivity contribution in [2.45, 2.75) is 45.8 Å². The Morgan fingerprint density at radius 1 is 0.969 bits per heavy atom. The fourth-order valence-electron chi connectivity index (χ4n) is 3.32. The molecule has 3 aromatic rings. The van der Waals surface area contributed by atoms with Gasteiger partial charge < -0.3 is 4.42 Å². The molecular formula is C25H26N4O2S. The number of benzene rings is 2. The third-order valence-electron chi connectivity index (χ3n) is 5.20. The Morgan fingerprint density at radius 2 is 1.66 bits per heavy atom. The molecular weight excluding hydrogens is 420 g/mol. The number of amidine groups is 1. The zero-order chi connectivity index (χ0) is 22.8. The second-order valence-corrected chi connectivity index (χ2v) is 9.45. The van der Waals surface area contributed by atoms with E-state index >= 15 is 0 Å². The zero-order valence-corrected chi connectivity index (χ0v) is 19.7. The number of aromatic nitrogens is 2. The number of aryl methyl sites for hydroxylation is 2. The van der Waals surface area contributed by atoms with Gasteiger partial charge in [0.2, 0.25) is 11.8 Å². The highest BCUT2D eigenvalue weighted by atomic mass is 32.2. The second kappa shape index (κ2) is 9.12. The first-order valence-corrected chi connectivity index (χ1v) is 11.5. The minimum absolute atomic E-state index is 0.152. The lowest BCUT2D eigenvalue weighted by molar-refractivity contribution is -0.113. The predicted octanol–water partition coefficient (Wildman–Crippen LogP) is 6.05. The summed E-state index contributed by atoms with van der Waals surface area (Å²) in [6.07, 6.45) is 1.84. The van der Waals surface area contributed by atoms with Crippen LogP contribution in [0.5, 0.6) is 0 Å². The van der Waals surface area contributed by atoms with Gasteiger partial charge in [-0.1, -0.05) is 67.6 Å². The maximum Gasteiger partial charge on any atom is 0.283 e. The summed E-state index contributed by atoms with van der Waals surface area (Å²) in [6.45, 7) is 10.1. The first-order valence-electron chi connectivity index (χ1n) is 10.6. The Hall–Kier alpha value is -3.19. The molecule has 164 valence electrons. The Bertz CT molecular complexity index is 1180. The first-order chi connectivity index (χ1) is 15.3. The number of amides is 1. The number of nitrogens with zero attached hydrogens (tertiary/aromatic N) is 4. The molecule has 1 unspecified atom stereocenters. The maximum absolute atomic E-state index is 13.4. The highest BCUT2D eigenvalue weighted by Crippen LogP contribution is 2.36. The topological polar surface area (TPSA) is 71.6 Å². The van der Waals surface area contributed by atoms with E-state index in [9.17, 15) is 4.79 Å². The van der Waals surface area contributed by atoms with Gasteiger partial charge in [0, 0.05) is 6.92 Å². The third-order valence-corrected chi connectivity index (χ3v) is 6.24. The van der Waals surface area contributed by atoms with Crippen molar-refractivity contribution >= 4 is 34.6 Å². The van der Waals surface area contributed by atoms with Gasteiger partial charge in [0.1, 0.15) is 5.70 Å². The first kappa shape index (κ1) is 22.0. The standard InChI is InChI=1S/C25H26N4O2S/c1-15(2)20-10-8-19(9-11-20)14-22-24(30)29(21-12-6-16(3)7-13-21)25(26-22)32-17(4)23-28-27-18(5)31-23/h6-15,17H,1-5H3/b22-14-. The van der Waals surface area contributed by atoms with Crippen LogP contribution in [0.15, 0.2) is 63.6 Å². The average molecular weight is 447 g/mol. The Balaban J connectivity index is 1.68. The van der Waals surface area contributed by atoms with Crippen LogP contribution in [0.4, 0.5) is 5.69 Å². The molecule has 1 aliphatic heterocycles. The summed E-state index contributed by atoms with van der Waals surface area (Å²) in [5.74, 6) is 1.32. The van der Waals surface area contributed by atoms with Crippen molar-refractivity contribution in [3.05, 3.63) is 82.7 Å². The number of thioether (sulfide) groups is 1. The lowest BCUT2D eigenvalue weighted by Gasteiger charge is -2.19. The number of carbonyl (C=O) groups excluding carboxylic acids is 1. The molecule has 1 aromatic heterocycles. The van der Waals surface area contributed by atoms with Crippen LogP contribution in [0.25, 0.3) is 6.08 Å². The number of hydrogen-bond acceptors (Lipinski definition) is 6. The van der Waals surface area contributed by atoms with Crippen LogP contribution in [0.3, 0.4) is 0 Å². The van der Waals surface area contributed by atoms with Gasteiger partial charge in [-0.15, -0.1) is 10.2 Å². The normalized spacial score (nSPS) is 16.2. The molecule has 1 amide bonds. The van der Waals surface area contributed by atoms with Gasteiger partial charge in [0.05, 0.1) is 10.9 Å². The van der Waals surface area contributed by atoms with Crippen molar-refractivity contribution in [1.82, 2.24) is 10.2 Å². The summed E-state index contributed by atoms with van der Waals surface area (Å²) >= 11 is 1.42. The van der Waals surface area contributed by atoms with Crippen LogP contribution < -0.4 is 4.90 Å². The molecule has 2 heterocycles. The molecule has 1 atom stereocenters. The van der Waals surface area contributed by atoms with E-state index in [1.807, 2.05) is 56.3 Å². The monoisotopic (exact) mass is 446 g/mol. The molecule has 0 radical (unpaired) electrons. The quantitative estimate of drug-likeness (QED) is 0.446. The second-order valence-electron chi connectivity index (χ2n) is 8.14. The van der Waals surface area contributed by atoms with Gasteiger partial charge in [-0.25, -0.2) is 4.99 Å². The fourth-order valence-corrected chi connectivity index (χ4v) is 4.27. The zero-order valence-electron chi connectivity index (χ0n) is 18.9. The summed E-state index contributed by atoms with van der Waals surface area (Å²) in [6, 6.07) is 16.1. The Morgan fingerprint density at radius 3 is 2.25 bits per heavy atom. The van der Waals surface area contributed by atoms with Gasteiger partial charge in [0.25, 0.3) is 5.91 Å². The number of rotatable bonds is 5. The highest BCUT2D eigenvalue weighted by molar-refractivity contribution is 8.14. The van der Waals surface area contributed by atoms with Gasteiger partial charge in [-0.05, 0) is 49.1 Å². The van der Waals surface area contributed by atoms with Crippen LogP contribution in [-0.2, 0) is 4.79 Å². The highest BCUT2D eigenvalue weighted by Gasteiger charge is 2.34. The van der Waals surface area contributed by atoms with Gasteiger partial charge in [-0.2, -0.15) is 0 Å². The molecule has 0 saturated heterocycles. The largest absolute Gasteiger partial charge is 0.424 e. The molecule has 6 nitrogen and oxygen atoms in total. The molecule has 0 N–H and O–H groups in total. The van der Waals surface area contributed by atoms with E-state index in [-0.39, 0.29) is 11.2 Å². The van der Waals surface area contributed by atoms with Gasteiger partial charge in [-0.3, -0.25) is 9.69 Å². The average Bonchev–Trinajstić information content (AvgIpc) is 3.33. The fraction of sp³-hybridized carbons (Fsp3) is 0.280. The summed E-state index contributed by atoms with van der Waals surface area (Å²) in [5.41, 5.74) is 4.51. The van der Waals surface area contributed by atoms with Crippen molar-refractivity contribution in [2.24, 2.45) is 4.99 Å². The third kappa shape index (κ3) is 4.67. The van der Waals surface area contributed by atoms with Crippen LogP contribution >= 0.6 is 11.8 Å². The van der Waals surface area contributed by atoms with Gasteiger partial charge in [0.15, 0.2) is 5.17 Å². The van der Waals surface area contributed by atoms with Crippen molar-refractivity contribution in [3.8, 4) is 0 Å². The minimum Gasteiger partial charge on any atom is -0.424 e. The van der Waals surface area contributed by atoms with E-state index in [4.69, 9.17) is 9.41 Å². The molecule has 0 fully saturated rings. The van der Waals surface area contributed by atoms with E-state index in [2.05, 4.69) is 36.2 Å². The van der Waals surface area contributed by atoms with Crippen molar-refractivity contribution in [2.75, 3.05) is 4.90 Å². The lowest BCUT2D eigenvalue weighted by Crippen LogP contribution is -2.30. The van der Waals surface area contributed by atoms with Crippen molar-refractivity contribution < 1.29 is 9.21 Å². The lowest BCUT2D eigenvalue weighted by atomic mass is 10.0. The molecule has 0 bridgehead atoms. The van der Waals surface area contributed by atoms with Crippen LogP contribution in [0.1, 0.15) is 60.4 Å². The molecule has 1 aliphatic rings. The summed E-state index contributed by atoms with van der Waals surface area (Å²) in [5, 5.41) is 8.46. The summed E-state index contributed by atoms with van der Waals surface area (Å²) < 4.78 is 5.58. The van der Waals surface area contributed by atoms with Crippen molar-refractivity contribution in [3.63, 3.8) is 0 Å². The van der Waals surface area contributed by atoms with Crippen LogP contribution in [-0.4, -0.2) is 21.3 Å². The van der Waals surface area contributed by atoms with Crippen LogP contribution in [0.2, 0.25) is 0 Å². The molecule has 7 heteroatoms. The number of aliphatic imine (C=N–C) groups is 1. The van der Waals surface area contributed by atoms with E-state index in [0.717, 1.165) is 16.8 Å². The Labute approximate surface area is 192 Å².